The van der Waals surface area contributed by atoms with Gasteiger partial charge in [0.05, 0.1) is 11.1 Å². The van der Waals surface area contributed by atoms with Crippen LogP contribution in [0.15, 0.2) is 41.8 Å². The van der Waals surface area contributed by atoms with Crippen LogP contribution < -0.4 is 5.32 Å². The lowest BCUT2D eigenvalue weighted by Crippen LogP contribution is -2.37. The van der Waals surface area contributed by atoms with Crippen LogP contribution in [0.25, 0.3) is 0 Å². The average Bonchev–Trinajstić information content (AvgIpc) is 2.86. The van der Waals surface area contributed by atoms with Crippen molar-refractivity contribution in [1.82, 2.24) is 5.32 Å². The predicted octanol–water partition coefficient (Wildman–Crippen LogP) is 5.42. The quantitative estimate of drug-likeness (QED) is 0.751. The normalized spacial score (nSPS) is 13.4. The molecule has 0 saturated heterocycles. The van der Waals surface area contributed by atoms with E-state index in [4.69, 9.17) is 11.6 Å². The van der Waals surface area contributed by atoms with Gasteiger partial charge in [0.15, 0.2) is 0 Å². The summed E-state index contributed by atoms with van der Waals surface area (Å²) in [5.74, 6) is 0. The molecule has 1 N–H and O–H groups in total. The van der Waals surface area contributed by atoms with Crippen LogP contribution in [0, 0.1) is 0 Å². The fraction of sp³-hybridized carbons (Fsp3) is 0.412. The van der Waals surface area contributed by atoms with E-state index in [-0.39, 0.29) is 11.5 Å². The summed E-state index contributed by atoms with van der Waals surface area (Å²) in [6.45, 7) is 7.75. The molecule has 0 spiro atoms. The molecule has 0 aliphatic heterocycles. The molecule has 0 saturated carbocycles. The second-order valence-corrected chi connectivity index (χ2v) is 6.96. The van der Waals surface area contributed by atoms with E-state index in [9.17, 15) is 0 Å². The molecule has 20 heavy (non-hydrogen) atoms. The number of hydrogen-bond donors (Lipinski definition) is 1. The Morgan fingerprint density at radius 1 is 1.20 bits per heavy atom. The minimum atomic E-state index is -0.00900. The number of halogens is 1. The second kappa shape index (κ2) is 6.75. The molecule has 1 aromatic heterocycles. The molecule has 0 aliphatic carbocycles. The van der Waals surface area contributed by atoms with E-state index >= 15 is 0 Å². The fourth-order valence-corrected chi connectivity index (χ4v) is 3.94. The molecular weight excluding hydrogens is 286 g/mol. The van der Waals surface area contributed by atoms with Gasteiger partial charge in [0.2, 0.25) is 0 Å². The smallest absolute Gasteiger partial charge is 0.0561 e. The summed E-state index contributed by atoms with van der Waals surface area (Å²) in [5.41, 5.74) is 1.32. The monoisotopic (exact) mass is 307 g/mol. The van der Waals surface area contributed by atoms with E-state index in [1.165, 1.54) is 10.4 Å². The molecule has 0 fully saturated rings. The van der Waals surface area contributed by atoms with Gasteiger partial charge in [-0.05, 0) is 30.0 Å². The van der Waals surface area contributed by atoms with Crippen molar-refractivity contribution in [3.63, 3.8) is 0 Å². The first-order chi connectivity index (χ1) is 9.57. The molecule has 2 rings (SSSR count). The third kappa shape index (κ3) is 3.25. The van der Waals surface area contributed by atoms with Crippen LogP contribution in [-0.4, -0.2) is 6.54 Å². The number of nitrogens with one attached hydrogen (secondary N) is 1. The number of thiophene rings is 1. The van der Waals surface area contributed by atoms with Crippen molar-refractivity contribution in [1.29, 1.82) is 0 Å². The van der Waals surface area contributed by atoms with Crippen LogP contribution in [-0.2, 0) is 5.41 Å². The van der Waals surface area contributed by atoms with E-state index in [1.54, 1.807) is 11.3 Å². The Labute approximate surface area is 131 Å². The highest BCUT2D eigenvalue weighted by Crippen LogP contribution is 2.41. The SMILES string of the molecule is CCCNC(c1sccc1Cl)C(C)(C)c1ccccc1. The summed E-state index contributed by atoms with van der Waals surface area (Å²) in [6.07, 6.45) is 1.12. The first-order valence-electron chi connectivity index (χ1n) is 7.09. The molecule has 1 aromatic carbocycles. The minimum Gasteiger partial charge on any atom is -0.308 e. The van der Waals surface area contributed by atoms with Crippen molar-refractivity contribution in [3.05, 3.63) is 57.2 Å². The highest BCUT2D eigenvalue weighted by Gasteiger charge is 2.34. The molecule has 2 aromatic rings. The summed E-state index contributed by atoms with van der Waals surface area (Å²) >= 11 is 8.11. The van der Waals surface area contributed by atoms with Gasteiger partial charge in [0.1, 0.15) is 0 Å². The first-order valence-corrected chi connectivity index (χ1v) is 8.35. The topological polar surface area (TPSA) is 12.0 Å². The fourth-order valence-electron chi connectivity index (χ4n) is 2.51. The van der Waals surface area contributed by atoms with Crippen molar-refractivity contribution in [2.75, 3.05) is 6.54 Å². The average molecular weight is 308 g/mol. The zero-order valence-corrected chi connectivity index (χ0v) is 13.9. The van der Waals surface area contributed by atoms with Gasteiger partial charge in [0.25, 0.3) is 0 Å². The van der Waals surface area contributed by atoms with E-state index in [0.29, 0.717) is 0 Å². The molecule has 108 valence electrons. The van der Waals surface area contributed by atoms with Crippen LogP contribution >= 0.6 is 22.9 Å². The van der Waals surface area contributed by atoms with Gasteiger partial charge in [-0.15, -0.1) is 11.3 Å². The van der Waals surface area contributed by atoms with Crippen molar-refractivity contribution < 1.29 is 0 Å². The zero-order valence-electron chi connectivity index (χ0n) is 12.3. The first kappa shape index (κ1) is 15.6. The Kier molecular flexibility index (Phi) is 5.25. The van der Waals surface area contributed by atoms with E-state index < -0.39 is 0 Å². The van der Waals surface area contributed by atoms with Gasteiger partial charge in [-0.25, -0.2) is 0 Å². The Bertz CT molecular complexity index is 533. The summed E-state index contributed by atoms with van der Waals surface area (Å²) in [7, 11) is 0. The lowest BCUT2D eigenvalue weighted by atomic mass is 9.77. The van der Waals surface area contributed by atoms with Gasteiger partial charge in [-0.3, -0.25) is 0 Å². The number of rotatable bonds is 6. The van der Waals surface area contributed by atoms with Crippen molar-refractivity contribution in [3.8, 4) is 0 Å². The van der Waals surface area contributed by atoms with Crippen LogP contribution in [0.4, 0.5) is 0 Å². The highest BCUT2D eigenvalue weighted by atomic mass is 35.5. The number of benzene rings is 1. The number of hydrogen-bond acceptors (Lipinski definition) is 2. The highest BCUT2D eigenvalue weighted by molar-refractivity contribution is 7.10. The van der Waals surface area contributed by atoms with E-state index in [1.807, 2.05) is 6.07 Å². The summed E-state index contributed by atoms with van der Waals surface area (Å²) < 4.78 is 0. The third-order valence-corrected chi connectivity index (χ3v) is 5.17. The van der Waals surface area contributed by atoms with Crippen LogP contribution in [0.2, 0.25) is 5.02 Å². The summed E-state index contributed by atoms with van der Waals surface area (Å²) in [5, 5.41) is 6.61. The minimum absolute atomic E-state index is 0.00900. The molecule has 0 aliphatic rings. The standard InChI is InChI=1S/C17H22ClNS/c1-4-11-19-16(15-14(18)10-12-20-15)17(2,3)13-8-6-5-7-9-13/h5-10,12,16,19H,4,11H2,1-3H3. The van der Waals surface area contributed by atoms with Crippen LogP contribution in [0.1, 0.15) is 43.7 Å². The Hall–Kier alpha value is -0.830. The maximum Gasteiger partial charge on any atom is 0.0561 e. The molecule has 1 nitrogen and oxygen atoms in total. The predicted molar refractivity (Wildman–Crippen MR) is 89.8 cm³/mol. The van der Waals surface area contributed by atoms with E-state index in [0.717, 1.165) is 18.0 Å². The van der Waals surface area contributed by atoms with Crippen LogP contribution in [0.3, 0.4) is 0 Å². The maximum atomic E-state index is 6.38. The van der Waals surface area contributed by atoms with Gasteiger partial charge in [-0.2, -0.15) is 0 Å². The maximum absolute atomic E-state index is 6.38. The van der Waals surface area contributed by atoms with E-state index in [2.05, 4.69) is 61.8 Å². The van der Waals surface area contributed by atoms with Gasteiger partial charge in [-0.1, -0.05) is 62.7 Å². The Morgan fingerprint density at radius 3 is 2.45 bits per heavy atom. The lowest BCUT2D eigenvalue weighted by Gasteiger charge is -2.35. The molecule has 1 heterocycles. The van der Waals surface area contributed by atoms with Crippen molar-refractivity contribution in [2.45, 2.75) is 38.6 Å². The van der Waals surface area contributed by atoms with Gasteiger partial charge < -0.3 is 5.32 Å². The second-order valence-electron chi connectivity index (χ2n) is 5.61. The van der Waals surface area contributed by atoms with Crippen molar-refractivity contribution in [2.24, 2.45) is 0 Å². The van der Waals surface area contributed by atoms with Gasteiger partial charge in [0, 0.05) is 10.3 Å². The van der Waals surface area contributed by atoms with Gasteiger partial charge >= 0.3 is 0 Å². The Morgan fingerprint density at radius 2 is 1.90 bits per heavy atom. The largest absolute Gasteiger partial charge is 0.308 e. The third-order valence-electron chi connectivity index (χ3n) is 3.74. The molecule has 0 amide bonds. The molecule has 1 atom stereocenters. The van der Waals surface area contributed by atoms with Crippen molar-refractivity contribution >= 4 is 22.9 Å². The summed E-state index contributed by atoms with van der Waals surface area (Å²) in [4.78, 5) is 1.23. The Balaban J connectivity index is 2.38. The molecule has 3 heteroatoms. The zero-order chi connectivity index (χ0) is 14.6. The lowest BCUT2D eigenvalue weighted by molar-refractivity contribution is 0.353. The molecule has 1 unspecified atom stereocenters. The molecule has 0 radical (unpaired) electrons. The van der Waals surface area contributed by atoms with Crippen LogP contribution in [0.5, 0.6) is 0 Å². The molecular formula is C17H22ClNS. The summed E-state index contributed by atoms with van der Waals surface area (Å²) in [6, 6.07) is 12.9. The molecule has 0 bridgehead atoms.